The zero-order valence-corrected chi connectivity index (χ0v) is 15.1. The van der Waals surface area contributed by atoms with E-state index in [0.29, 0.717) is 18.4 Å². The highest BCUT2D eigenvalue weighted by molar-refractivity contribution is 7.89. The van der Waals surface area contributed by atoms with Crippen molar-refractivity contribution in [2.45, 2.75) is 24.7 Å². The van der Waals surface area contributed by atoms with Crippen LogP contribution in [0.25, 0.3) is 0 Å². The van der Waals surface area contributed by atoms with E-state index in [0.717, 1.165) is 6.07 Å². The van der Waals surface area contributed by atoms with Gasteiger partial charge in [-0.15, -0.1) is 0 Å². The lowest BCUT2D eigenvalue weighted by atomic mass is 9.90. The van der Waals surface area contributed by atoms with Crippen molar-refractivity contribution in [3.05, 3.63) is 65.2 Å². The Hall–Kier alpha value is -2.12. The third kappa shape index (κ3) is 3.68. The molecule has 0 aromatic heterocycles. The van der Waals surface area contributed by atoms with E-state index in [4.69, 9.17) is 0 Å². The first kappa shape index (κ1) is 18.7. The van der Waals surface area contributed by atoms with E-state index in [9.17, 15) is 22.0 Å². The van der Waals surface area contributed by atoms with Crippen molar-refractivity contribution in [3.63, 3.8) is 0 Å². The molecule has 7 heteroatoms. The highest BCUT2D eigenvalue weighted by Crippen LogP contribution is 2.27. The van der Waals surface area contributed by atoms with Gasteiger partial charge < -0.3 is 0 Å². The van der Waals surface area contributed by atoms with Crippen LogP contribution in [-0.2, 0) is 10.0 Å². The Morgan fingerprint density at radius 3 is 2.23 bits per heavy atom. The lowest BCUT2D eigenvalue weighted by Crippen LogP contribution is -2.40. The average Bonchev–Trinajstić information content (AvgIpc) is 2.64. The smallest absolute Gasteiger partial charge is 0.243 e. The van der Waals surface area contributed by atoms with Crippen LogP contribution in [0, 0.1) is 24.5 Å². The average molecular weight is 379 g/mol. The van der Waals surface area contributed by atoms with E-state index in [-0.39, 0.29) is 35.2 Å². The zero-order chi connectivity index (χ0) is 18.9. The van der Waals surface area contributed by atoms with Crippen molar-refractivity contribution >= 4 is 15.8 Å². The number of sulfonamides is 1. The molecule has 0 radical (unpaired) electrons. The summed E-state index contributed by atoms with van der Waals surface area (Å²) >= 11 is 0. The molecular weight excluding hydrogens is 360 g/mol. The molecule has 0 aliphatic carbocycles. The molecule has 1 fully saturated rings. The molecule has 1 aliphatic rings. The SMILES string of the molecule is Cc1cc(S(=O)(=O)N2CCC(C(=O)c3ccc(F)cc3)CC2)ccc1F. The number of carbonyl (C=O) groups is 1. The highest BCUT2D eigenvalue weighted by Gasteiger charge is 2.32. The Morgan fingerprint density at radius 1 is 1.04 bits per heavy atom. The summed E-state index contributed by atoms with van der Waals surface area (Å²) in [6.45, 7) is 1.95. The molecule has 138 valence electrons. The second kappa shape index (κ2) is 7.25. The van der Waals surface area contributed by atoms with Crippen LogP contribution in [0.5, 0.6) is 0 Å². The third-order valence-corrected chi connectivity index (χ3v) is 6.62. The first-order chi connectivity index (χ1) is 12.3. The second-order valence-electron chi connectivity index (χ2n) is 6.46. The van der Waals surface area contributed by atoms with Gasteiger partial charge >= 0.3 is 0 Å². The maximum atomic E-state index is 13.4. The fourth-order valence-electron chi connectivity index (χ4n) is 3.13. The van der Waals surface area contributed by atoms with Gasteiger partial charge in [0.1, 0.15) is 11.6 Å². The van der Waals surface area contributed by atoms with E-state index in [1.807, 2.05) is 0 Å². The van der Waals surface area contributed by atoms with Crippen molar-refractivity contribution < 1.29 is 22.0 Å². The van der Waals surface area contributed by atoms with E-state index < -0.39 is 21.7 Å². The number of piperidine rings is 1. The second-order valence-corrected chi connectivity index (χ2v) is 8.40. The summed E-state index contributed by atoms with van der Waals surface area (Å²) in [7, 11) is -3.71. The predicted octanol–water partition coefficient (Wildman–Crippen LogP) is 3.56. The van der Waals surface area contributed by atoms with Crippen LogP contribution in [0.1, 0.15) is 28.8 Å². The Balaban J connectivity index is 1.70. The Kier molecular flexibility index (Phi) is 5.20. The van der Waals surface area contributed by atoms with Gasteiger partial charge in [-0.1, -0.05) is 0 Å². The molecule has 0 unspecified atom stereocenters. The fourth-order valence-corrected chi connectivity index (χ4v) is 4.69. The van der Waals surface area contributed by atoms with Crippen LogP contribution in [0.2, 0.25) is 0 Å². The number of aryl methyl sites for hydroxylation is 1. The van der Waals surface area contributed by atoms with Crippen LogP contribution >= 0.6 is 0 Å². The summed E-state index contributed by atoms with van der Waals surface area (Å²) in [5, 5.41) is 0. The minimum absolute atomic E-state index is 0.0553. The number of carbonyl (C=O) groups excluding carboxylic acids is 1. The summed E-state index contributed by atoms with van der Waals surface area (Å²) in [4.78, 5) is 12.5. The molecule has 1 heterocycles. The van der Waals surface area contributed by atoms with Gasteiger partial charge in [-0.2, -0.15) is 4.31 Å². The number of ketones is 1. The Bertz CT molecular complexity index is 918. The molecule has 2 aromatic carbocycles. The van der Waals surface area contributed by atoms with E-state index in [1.54, 1.807) is 0 Å². The molecule has 0 N–H and O–H groups in total. The minimum atomic E-state index is -3.71. The monoisotopic (exact) mass is 379 g/mol. The molecule has 0 amide bonds. The lowest BCUT2D eigenvalue weighted by molar-refractivity contribution is 0.0875. The molecule has 0 saturated carbocycles. The Morgan fingerprint density at radius 2 is 1.65 bits per heavy atom. The lowest BCUT2D eigenvalue weighted by Gasteiger charge is -2.30. The van der Waals surface area contributed by atoms with Crippen LogP contribution < -0.4 is 0 Å². The van der Waals surface area contributed by atoms with Gasteiger partial charge in [-0.05, 0) is 67.8 Å². The summed E-state index contributed by atoms with van der Waals surface area (Å²) < 4.78 is 53.1. The molecule has 1 saturated heterocycles. The van der Waals surface area contributed by atoms with Gasteiger partial charge in [-0.25, -0.2) is 17.2 Å². The van der Waals surface area contributed by atoms with Crippen molar-refractivity contribution in [2.75, 3.05) is 13.1 Å². The summed E-state index contributed by atoms with van der Waals surface area (Å²) in [5.41, 5.74) is 0.703. The standard InChI is InChI=1S/C19H19F2NO3S/c1-13-12-17(6-7-18(13)21)26(24,25)22-10-8-15(9-11-22)19(23)14-2-4-16(20)5-3-14/h2-7,12,15H,8-11H2,1H3. The van der Waals surface area contributed by atoms with Crippen molar-refractivity contribution in [2.24, 2.45) is 5.92 Å². The topological polar surface area (TPSA) is 54.5 Å². The van der Waals surface area contributed by atoms with Crippen molar-refractivity contribution in [1.82, 2.24) is 4.31 Å². The summed E-state index contributed by atoms with van der Waals surface area (Å²) in [6, 6.07) is 9.10. The highest BCUT2D eigenvalue weighted by atomic mass is 32.2. The van der Waals surface area contributed by atoms with Crippen LogP contribution in [0.3, 0.4) is 0 Å². The molecule has 2 aromatic rings. The number of hydrogen-bond donors (Lipinski definition) is 0. The Labute approximate surface area is 151 Å². The molecule has 3 rings (SSSR count). The number of benzene rings is 2. The van der Waals surface area contributed by atoms with Crippen molar-refractivity contribution in [3.8, 4) is 0 Å². The minimum Gasteiger partial charge on any atom is -0.294 e. The van der Waals surface area contributed by atoms with Crippen LogP contribution in [0.4, 0.5) is 8.78 Å². The van der Waals surface area contributed by atoms with Gasteiger partial charge in [0.05, 0.1) is 4.90 Å². The van der Waals surface area contributed by atoms with Gasteiger partial charge in [0.15, 0.2) is 5.78 Å². The molecule has 0 bridgehead atoms. The van der Waals surface area contributed by atoms with E-state index in [1.165, 1.54) is 47.6 Å². The number of rotatable bonds is 4. The largest absolute Gasteiger partial charge is 0.294 e. The maximum absolute atomic E-state index is 13.4. The quantitative estimate of drug-likeness (QED) is 0.764. The molecule has 1 aliphatic heterocycles. The van der Waals surface area contributed by atoms with Gasteiger partial charge in [0.25, 0.3) is 0 Å². The normalized spacial score (nSPS) is 16.6. The number of Topliss-reactive ketones (excluding diaryl/α,β-unsaturated/α-hetero) is 1. The van der Waals surface area contributed by atoms with Gasteiger partial charge in [0.2, 0.25) is 10.0 Å². The molecular formula is C19H19F2NO3S. The summed E-state index contributed by atoms with van der Waals surface area (Å²) in [5.74, 6) is -1.24. The number of halogens is 2. The van der Waals surface area contributed by atoms with Crippen LogP contribution in [0.15, 0.2) is 47.4 Å². The first-order valence-electron chi connectivity index (χ1n) is 8.35. The molecule has 26 heavy (non-hydrogen) atoms. The van der Waals surface area contributed by atoms with Crippen LogP contribution in [-0.4, -0.2) is 31.6 Å². The molecule has 0 spiro atoms. The molecule has 4 nitrogen and oxygen atoms in total. The van der Waals surface area contributed by atoms with E-state index >= 15 is 0 Å². The third-order valence-electron chi connectivity index (χ3n) is 4.72. The zero-order valence-electron chi connectivity index (χ0n) is 14.3. The number of nitrogens with zero attached hydrogens (tertiary/aromatic N) is 1. The fraction of sp³-hybridized carbons (Fsp3) is 0.316. The van der Waals surface area contributed by atoms with Gasteiger partial charge in [0, 0.05) is 24.6 Å². The predicted molar refractivity (Wildman–Crippen MR) is 93.4 cm³/mol. The number of hydrogen-bond acceptors (Lipinski definition) is 3. The maximum Gasteiger partial charge on any atom is 0.243 e. The molecule has 0 atom stereocenters. The summed E-state index contributed by atoms with van der Waals surface area (Å²) in [6.07, 6.45) is 0.797. The van der Waals surface area contributed by atoms with E-state index in [2.05, 4.69) is 0 Å². The first-order valence-corrected chi connectivity index (χ1v) is 9.79. The van der Waals surface area contributed by atoms with Crippen molar-refractivity contribution in [1.29, 1.82) is 0 Å². The van der Waals surface area contributed by atoms with Gasteiger partial charge in [-0.3, -0.25) is 4.79 Å².